The summed E-state index contributed by atoms with van der Waals surface area (Å²) in [4.78, 5) is 10.1. The molecule has 0 aromatic heterocycles. The molecule has 1 aromatic rings. The molecule has 0 aliphatic heterocycles. The molecule has 0 fully saturated rings. The molecule has 0 saturated heterocycles. The molecule has 1 unspecified atom stereocenters. The first-order valence-corrected chi connectivity index (χ1v) is 17.7. The maximum atomic E-state index is 10.1. The number of hydrogen-bond donors (Lipinski definition) is 0. The maximum absolute atomic E-state index is 10.1. The van der Waals surface area contributed by atoms with Crippen LogP contribution in [0.3, 0.4) is 0 Å². The van der Waals surface area contributed by atoms with Crippen LogP contribution in [0.1, 0.15) is 127 Å². The van der Waals surface area contributed by atoms with Gasteiger partial charge in [-0.1, -0.05) is 134 Å². The molecule has 0 radical (unpaired) electrons. The van der Waals surface area contributed by atoms with Crippen molar-refractivity contribution in [1.29, 1.82) is 0 Å². The number of aromatic carboxylic acids is 1. The topological polar surface area (TPSA) is 67.8 Å². The third kappa shape index (κ3) is 19.0. The van der Waals surface area contributed by atoms with Crippen molar-refractivity contribution in [3.8, 4) is 0 Å². The van der Waals surface area contributed by atoms with E-state index in [1.807, 2.05) is 0 Å². The number of carboxylic acid groups (broad SMARTS) is 1. The number of hydrogen-bond acceptors (Lipinski definition) is 5. The van der Waals surface area contributed by atoms with Crippen LogP contribution in [-0.2, 0) is 13.3 Å². The van der Waals surface area contributed by atoms with Gasteiger partial charge in [0.2, 0.25) is 0 Å². The van der Waals surface area contributed by atoms with Gasteiger partial charge in [-0.05, 0) is 18.4 Å². The van der Waals surface area contributed by atoms with E-state index < -0.39 is 14.8 Å². The molecule has 0 N–H and O–H groups in total. The van der Waals surface area contributed by atoms with Crippen molar-refractivity contribution >= 4 is 14.8 Å². The number of carbonyl (C=O) groups is 1. The van der Waals surface area contributed by atoms with E-state index in [-0.39, 0.29) is 5.56 Å². The third-order valence-electron chi connectivity index (χ3n) is 7.85. The van der Waals surface area contributed by atoms with Crippen molar-refractivity contribution in [3.05, 3.63) is 35.9 Å². The zero-order valence-corrected chi connectivity index (χ0v) is 28.2. The van der Waals surface area contributed by atoms with Crippen molar-refractivity contribution in [1.82, 2.24) is 0 Å². The van der Waals surface area contributed by atoms with Gasteiger partial charge in [0.25, 0.3) is 0 Å². The van der Waals surface area contributed by atoms with Crippen molar-refractivity contribution in [3.63, 3.8) is 0 Å². The second kappa shape index (κ2) is 24.4. The lowest BCUT2D eigenvalue weighted by Crippen LogP contribution is -2.53. The minimum atomic E-state index is -2.54. The zero-order chi connectivity index (χ0) is 30.1. The van der Waals surface area contributed by atoms with Gasteiger partial charge in [0, 0.05) is 21.3 Å². The van der Waals surface area contributed by atoms with Gasteiger partial charge in [-0.25, -0.2) is 0 Å². The quantitative estimate of drug-likeness (QED) is 0.0713. The fourth-order valence-corrected chi connectivity index (χ4v) is 7.89. The van der Waals surface area contributed by atoms with Gasteiger partial charge >= 0.3 is 8.80 Å². The summed E-state index contributed by atoms with van der Waals surface area (Å²) in [5, 5.41) is 10.1. The molecule has 0 amide bonds. The van der Waals surface area contributed by atoms with Crippen LogP contribution >= 0.6 is 0 Å². The van der Waals surface area contributed by atoms with Gasteiger partial charge in [0.15, 0.2) is 0 Å². The van der Waals surface area contributed by atoms with Crippen LogP contribution in [0.25, 0.3) is 0 Å². The highest BCUT2D eigenvalue weighted by molar-refractivity contribution is 6.62. The first-order valence-electron chi connectivity index (χ1n) is 15.9. The molecule has 234 valence electrons. The first kappa shape index (κ1) is 38.7. The summed E-state index contributed by atoms with van der Waals surface area (Å²) in [5.41, 5.74) is 0.515. The summed E-state index contributed by atoms with van der Waals surface area (Å²) in [5.74, 6) is -1.13. The number of carboxylic acids is 1. The van der Waals surface area contributed by atoms with E-state index in [0.717, 1.165) is 11.0 Å². The molecule has 1 rings (SSSR count). The van der Waals surface area contributed by atoms with E-state index in [4.69, 9.17) is 13.3 Å². The van der Waals surface area contributed by atoms with Crippen LogP contribution in [0.5, 0.6) is 0 Å². The molecule has 0 aliphatic carbocycles. The van der Waals surface area contributed by atoms with Gasteiger partial charge in [-0.3, -0.25) is 0 Å². The van der Waals surface area contributed by atoms with Crippen LogP contribution in [0.4, 0.5) is 0 Å². The lowest BCUT2D eigenvalue weighted by atomic mass is 10.0. The van der Waals surface area contributed by atoms with E-state index in [1.165, 1.54) is 121 Å². The number of unbranched alkanes of at least 4 members (excludes halogenated alkanes) is 15. The Balaban J connectivity index is 0.00000141. The fourth-order valence-electron chi connectivity index (χ4n) is 5.46. The summed E-state index contributed by atoms with van der Waals surface area (Å²) in [6, 6.07) is 8.06. The highest BCUT2D eigenvalue weighted by atomic mass is 28.4. The molecule has 0 bridgehead atoms. The predicted molar refractivity (Wildman–Crippen MR) is 168 cm³/mol. The van der Waals surface area contributed by atoms with Crippen molar-refractivity contribution in [2.24, 2.45) is 0 Å². The lowest BCUT2D eigenvalue weighted by Gasteiger charge is -2.37. The molecule has 0 saturated carbocycles. The Bertz CT molecular complexity index is 704. The minimum absolute atomic E-state index is 0.220. The van der Waals surface area contributed by atoms with Crippen molar-refractivity contribution in [2.45, 2.75) is 122 Å². The molecule has 1 aromatic carbocycles. The molecule has 40 heavy (non-hydrogen) atoms. The minimum Gasteiger partial charge on any atom is -0.545 e. The van der Waals surface area contributed by atoms with Gasteiger partial charge in [0.05, 0.1) is 38.7 Å². The number of rotatable bonds is 24. The average molecular weight is 582 g/mol. The summed E-state index contributed by atoms with van der Waals surface area (Å²) in [7, 11) is 7.25. The Hall–Kier alpha value is -1.25. The molecule has 7 heteroatoms. The second-order valence-electron chi connectivity index (χ2n) is 11.9. The van der Waals surface area contributed by atoms with E-state index in [2.05, 4.69) is 27.9 Å². The molecular formula is C33H63NO5Si. The molecule has 0 spiro atoms. The SMILES string of the molecule is CCCCCCCCCCCCCCCCCC[N+](C)(C)CC(C)[Si](OC)(OC)OC.O=C([O-])c1ccccc1. The number of nitrogens with zero attached hydrogens (tertiary/aromatic N) is 1. The van der Waals surface area contributed by atoms with Crippen molar-refractivity contribution < 1.29 is 27.7 Å². The molecule has 0 aliphatic rings. The molecule has 0 heterocycles. The molecule has 6 nitrogen and oxygen atoms in total. The van der Waals surface area contributed by atoms with Gasteiger partial charge in [-0.15, -0.1) is 0 Å². The van der Waals surface area contributed by atoms with E-state index >= 15 is 0 Å². The second-order valence-corrected chi connectivity index (χ2v) is 15.3. The molecular weight excluding hydrogens is 518 g/mol. The Kier molecular flexibility index (Phi) is 23.6. The fraction of sp³-hybridized carbons (Fsp3) is 0.788. The van der Waals surface area contributed by atoms with E-state index in [9.17, 15) is 9.90 Å². The van der Waals surface area contributed by atoms with Crippen LogP contribution in [0.2, 0.25) is 5.54 Å². The summed E-state index contributed by atoms with van der Waals surface area (Å²) in [6.45, 7) is 6.74. The van der Waals surface area contributed by atoms with E-state index in [1.54, 1.807) is 39.5 Å². The van der Waals surface area contributed by atoms with Gasteiger partial charge in [0.1, 0.15) is 0 Å². The normalized spacial score (nSPS) is 12.6. The Labute approximate surface area is 248 Å². The van der Waals surface area contributed by atoms with Crippen LogP contribution in [-0.4, -0.2) is 67.8 Å². The Morgan fingerprint density at radius 3 is 1.43 bits per heavy atom. The summed E-state index contributed by atoms with van der Waals surface area (Å²) in [6.07, 6.45) is 22.8. The summed E-state index contributed by atoms with van der Waals surface area (Å²) < 4.78 is 18.0. The van der Waals surface area contributed by atoms with Gasteiger partial charge < -0.3 is 27.7 Å². The maximum Gasteiger partial charge on any atom is 0.508 e. The third-order valence-corrected chi connectivity index (χ3v) is 10.9. The van der Waals surface area contributed by atoms with E-state index in [0.29, 0.717) is 5.54 Å². The highest BCUT2D eigenvalue weighted by Crippen LogP contribution is 2.26. The zero-order valence-electron chi connectivity index (χ0n) is 27.2. The number of benzene rings is 1. The smallest absolute Gasteiger partial charge is 0.508 e. The Morgan fingerprint density at radius 2 is 1.10 bits per heavy atom. The van der Waals surface area contributed by atoms with Crippen LogP contribution in [0.15, 0.2) is 30.3 Å². The molecule has 1 atom stereocenters. The average Bonchev–Trinajstić information content (AvgIpc) is 2.94. The Morgan fingerprint density at radius 1 is 0.725 bits per heavy atom. The number of carbonyl (C=O) groups excluding carboxylic acids is 1. The van der Waals surface area contributed by atoms with Crippen LogP contribution in [0, 0.1) is 0 Å². The monoisotopic (exact) mass is 581 g/mol. The predicted octanol–water partition coefficient (Wildman–Crippen LogP) is 7.64. The standard InChI is InChI=1S/C26H58NO3Si.C7H6O2/c1-8-9-10-11-12-13-14-15-16-17-18-19-20-21-22-23-24-27(3,4)25-26(2)31(28-5,29-6)30-7;8-7(9)6-4-2-1-3-5-6/h26H,8-25H2,1-7H3;1-5H,(H,8,9)/q+1;/p-1. The summed E-state index contributed by atoms with van der Waals surface area (Å²) >= 11 is 0. The largest absolute Gasteiger partial charge is 0.545 e. The van der Waals surface area contributed by atoms with Crippen LogP contribution < -0.4 is 5.11 Å². The van der Waals surface area contributed by atoms with Gasteiger partial charge in [-0.2, -0.15) is 0 Å². The lowest BCUT2D eigenvalue weighted by molar-refractivity contribution is -0.890. The first-order chi connectivity index (χ1) is 19.2. The number of quaternary nitrogens is 1. The van der Waals surface area contributed by atoms with Crippen molar-refractivity contribution in [2.75, 3.05) is 48.5 Å². The highest BCUT2D eigenvalue weighted by Gasteiger charge is 2.47.